The number of rotatable bonds is 20. The Balaban J connectivity index is 1.76. The maximum atomic E-state index is 14.5. The van der Waals surface area contributed by atoms with Gasteiger partial charge in [0.1, 0.15) is 59.8 Å². The van der Waals surface area contributed by atoms with E-state index in [-0.39, 0.29) is 114 Å². The molecule has 0 radical (unpaired) electrons. The quantitative estimate of drug-likeness (QED) is 0.0333. The van der Waals surface area contributed by atoms with Crippen molar-refractivity contribution in [3.05, 3.63) is 59.7 Å². The maximum Gasteiger partial charge on any atom is 0.246 e. The third-order valence-corrected chi connectivity index (χ3v) is 14.0. The molecule has 8 atom stereocenters. The Kier molecular flexibility index (Phi) is 29.4. The second-order valence-corrected chi connectivity index (χ2v) is 20.9. The smallest absolute Gasteiger partial charge is 0.246 e. The van der Waals surface area contributed by atoms with Crippen LogP contribution < -0.4 is 82.3 Å². The van der Waals surface area contributed by atoms with E-state index >= 15 is 0 Å². The molecule has 2 aromatic carbocycles. The summed E-state index contributed by atoms with van der Waals surface area (Å²) < 4.78 is 0. The van der Waals surface area contributed by atoms with E-state index in [9.17, 15) is 68.1 Å². The van der Waals surface area contributed by atoms with Crippen molar-refractivity contribution in [3.63, 3.8) is 0 Å². The van der Waals surface area contributed by atoms with Crippen LogP contribution in [0.5, 0.6) is 11.5 Å². The molecule has 2 fully saturated rings. The Bertz CT molecular complexity index is 2740. The average molecular weight is 1220 g/mol. The third-order valence-electron chi connectivity index (χ3n) is 14.0. The summed E-state index contributed by atoms with van der Waals surface area (Å²) in [5.74, 6) is -10.0. The third kappa shape index (κ3) is 25.0. The van der Waals surface area contributed by atoms with E-state index in [0.717, 1.165) is 0 Å². The van der Waals surface area contributed by atoms with E-state index in [1.807, 2.05) is 0 Å². The Morgan fingerprint density at radius 3 is 1.40 bits per heavy atom. The van der Waals surface area contributed by atoms with E-state index in [1.165, 1.54) is 53.4 Å². The molecule has 0 unspecified atom stereocenters. The van der Waals surface area contributed by atoms with Gasteiger partial charge < -0.3 is 102 Å². The molecule has 2 saturated heterocycles. The summed E-state index contributed by atoms with van der Waals surface area (Å²) >= 11 is 0. The maximum absolute atomic E-state index is 14.5. The summed E-state index contributed by atoms with van der Waals surface area (Å²) in [6.45, 7) is -1.38. The first-order valence-corrected chi connectivity index (χ1v) is 28.7. The van der Waals surface area contributed by atoms with Gasteiger partial charge in [-0.3, -0.25) is 62.7 Å². The second-order valence-electron chi connectivity index (χ2n) is 20.9. The van der Waals surface area contributed by atoms with E-state index in [0.29, 0.717) is 30.4 Å². The van der Waals surface area contributed by atoms with Crippen LogP contribution in [0.2, 0.25) is 0 Å². The fourth-order valence-electron chi connectivity index (χ4n) is 9.44. The average Bonchev–Trinajstić information content (AvgIpc) is 4.19. The molecule has 0 bridgehead atoms. The van der Waals surface area contributed by atoms with Crippen molar-refractivity contribution in [3.8, 4) is 11.5 Å². The molecule has 2 aromatic rings. The predicted octanol–water partition coefficient (Wildman–Crippen LogP) is -6.21. The van der Waals surface area contributed by atoms with Crippen LogP contribution in [-0.2, 0) is 65.6 Å². The largest absolute Gasteiger partial charge is 0.508 e. The molecule has 4 rings (SSSR count). The number of fused-ring (bicyclic) bond motifs is 1. The van der Waals surface area contributed by atoms with Crippen molar-refractivity contribution < 1.29 is 68.1 Å². The van der Waals surface area contributed by atoms with Crippen molar-refractivity contribution in [1.82, 2.24) is 52.8 Å². The zero-order chi connectivity index (χ0) is 64.0. The number of aliphatic hydroxyl groups is 1. The molecule has 0 saturated carbocycles. The Morgan fingerprint density at radius 1 is 0.506 bits per heavy atom. The molecular weight excluding hydrogens is 1140 g/mol. The Morgan fingerprint density at radius 2 is 0.920 bits per heavy atom. The zero-order valence-corrected chi connectivity index (χ0v) is 48.4. The molecule has 11 amide bonds. The van der Waals surface area contributed by atoms with Crippen LogP contribution in [0.3, 0.4) is 0 Å². The lowest BCUT2D eigenvalue weighted by molar-refractivity contribution is -0.142. The number of aliphatic imine (C=N–C) groups is 2. The standard InChI is InChI=1S/C55H84N18O14/c56-22-2-1-6-35-46(80)62-25-20-44(78)66-36(7-3-23-64-54(58)59)48(82)70-38(18-19-43(57)77)50(84)69-37(8-4-24-65-55(60)61)49(83)71-39(28-31-10-14-33(75)15-11-31)47(81)63-26-21-45(79)67-40(29-32-12-16-34(76)17-13-32)53(87)73-27-5-9-42(73)52(86)72-41(30-74)51(85)68-35/h10-17,35-42,74-76H,1-9,18-30,56H2,(H2,57,77)(H,62,80)(H,63,81)(H,66,78)(H,67,79)(H,68,85)(H,69,84)(H,70,82)(H,71,83)(H,72,86)(H4,58,59,64)(H4,60,61,65)/t35-,36-,37-,38-,39-,40-,41-,42-/m0/s1. The van der Waals surface area contributed by atoms with Gasteiger partial charge in [-0.05, 0) is 106 Å². The minimum absolute atomic E-state index is 0.00158. The first-order valence-electron chi connectivity index (χ1n) is 28.7. The number of hydrogen-bond acceptors (Lipinski definition) is 17. The molecule has 0 spiro atoms. The van der Waals surface area contributed by atoms with Crippen molar-refractivity contribution in [2.75, 3.05) is 45.9 Å². The highest BCUT2D eigenvalue weighted by molar-refractivity contribution is 5.98. The summed E-state index contributed by atoms with van der Waals surface area (Å²) in [4.78, 5) is 162. The Hall–Kier alpha value is -9.33. The highest BCUT2D eigenvalue weighted by atomic mass is 16.3. The van der Waals surface area contributed by atoms with Crippen LogP contribution in [0.15, 0.2) is 58.5 Å². The fourth-order valence-corrected chi connectivity index (χ4v) is 9.44. The first-order chi connectivity index (χ1) is 41.5. The molecule has 0 aliphatic carbocycles. The number of guanidine groups is 2. The van der Waals surface area contributed by atoms with Gasteiger partial charge in [0, 0.05) is 64.8 Å². The number of carbonyl (C=O) groups excluding carboxylic acids is 11. The molecule has 2 heterocycles. The van der Waals surface area contributed by atoms with Crippen molar-refractivity contribution >= 4 is 76.9 Å². The lowest BCUT2D eigenvalue weighted by Crippen LogP contribution is -2.59. The van der Waals surface area contributed by atoms with Gasteiger partial charge in [-0.25, -0.2) is 0 Å². The van der Waals surface area contributed by atoms with E-state index in [1.54, 1.807) is 0 Å². The molecule has 32 nitrogen and oxygen atoms in total. The van der Waals surface area contributed by atoms with Crippen LogP contribution in [-0.4, -0.2) is 191 Å². The number of hydrogen-bond donors (Lipinski definition) is 18. The molecule has 2 aliphatic rings. The van der Waals surface area contributed by atoms with Crippen LogP contribution in [0.1, 0.15) is 94.6 Å². The number of primary amides is 1. The number of phenols is 2. The topological polar surface area (TPSA) is 541 Å². The fraction of sp³-hybridized carbons (Fsp3) is 0.545. The van der Waals surface area contributed by atoms with Gasteiger partial charge in [0.15, 0.2) is 11.9 Å². The lowest BCUT2D eigenvalue weighted by Gasteiger charge is -2.30. The molecule has 87 heavy (non-hydrogen) atoms. The van der Waals surface area contributed by atoms with Crippen LogP contribution >= 0.6 is 0 Å². The SMILES string of the molecule is NCCCC[C@@H]1NC(=O)[C@H](CO)NC(=O)[C@@H]2CCCN2C(=O)[C@H](Cc2ccc(O)cc2)NC(=O)CCNC(=O)[C@H](Cc2ccc(O)cc2)NC(=O)[C@H](CCCN=C(N)N)NC(=O)[C@H](CCC(N)=O)NC(=O)[C@H](CCCN=C(N)N)NC(=O)CCNC1=O. The number of unbranched alkanes of at least 4 members (excludes halogenated alkanes) is 1. The summed E-state index contributed by atoms with van der Waals surface area (Å²) in [5, 5.41) is 53.7. The number of carbonyl (C=O) groups is 11. The minimum Gasteiger partial charge on any atom is -0.508 e. The minimum atomic E-state index is -1.63. The number of nitrogens with two attached hydrogens (primary N) is 6. The highest BCUT2D eigenvalue weighted by Gasteiger charge is 2.40. The number of aromatic hydroxyl groups is 2. The molecular formula is C55H84N18O14. The lowest BCUT2D eigenvalue weighted by atomic mass is 10.0. The van der Waals surface area contributed by atoms with Gasteiger partial charge in [-0.2, -0.15) is 0 Å². The summed E-state index contributed by atoms with van der Waals surface area (Å²) in [7, 11) is 0. The summed E-state index contributed by atoms with van der Waals surface area (Å²) in [6, 6.07) is 0.133. The van der Waals surface area contributed by atoms with E-state index in [4.69, 9.17) is 34.4 Å². The number of nitrogens with one attached hydrogen (secondary N) is 9. The van der Waals surface area contributed by atoms with Crippen LogP contribution in [0.4, 0.5) is 0 Å². The number of nitrogens with zero attached hydrogens (tertiary/aromatic N) is 3. The number of amides is 11. The van der Waals surface area contributed by atoms with Gasteiger partial charge in [0.25, 0.3) is 0 Å². The molecule has 2 aliphatic heterocycles. The Labute approximate surface area is 502 Å². The normalized spacial score (nSPS) is 23.0. The van der Waals surface area contributed by atoms with Crippen molar-refractivity contribution in [2.24, 2.45) is 44.4 Å². The van der Waals surface area contributed by atoms with Crippen LogP contribution in [0.25, 0.3) is 0 Å². The summed E-state index contributed by atoms with van der Waals surface area (Å²) in [6.07, 6.45) is -0.930. The van der Waals surface area contributed by atoms with Gasteiger partial charge in [0.05, 0.1) is 6.61 Å². The van der Waals surface area contributed by atoms with Gasteiger partial charge >= 0.3 is 0 Å². The molecule has 24 N–H and O–H groups in total. The van der Waals surface area contributed by atoms with Gasteiger partial charge in [-0.1, -0.05) is 24.3 Å². The van der Waals surface area contributed by atoms with E-state index in [2.05, 4.69) is 57.8 Å². The van der Waals surface area contributed by atoms with Crippen molar-refractivity contribution in [1.29, 1.82) is 0 Å². The van der Waals surface area contributed by atoms with Crippen LogP contribution in [0, 0.1) is 0 Å². The first kappa shape index (κ1) is 70.2. The van der Waals surface area contributed by atoms with Gasteiger partial charge in [0.2, 0.25) is 65.0 Å². The van der Waals surface area contributed by atoms with E-state index < -0.39 is 146 Å². The molecule has 32 heteroatoms. The number of benzene rings is 2. The number of aliphatic hydroxyl groups excluding tert-OH is 1. The van der Waals surface area contributed by atoms with Crippen molar-refractivity contribution in [2.45, 2.75) is 145 Å². The molecule has 478 valence electrons. The summed E-state index contributed by atoms with van der Waals surface area (Å²) in [5.41, 5.74) is 34.2. The zero-order valence-electron chi connectivity index (χ0n) is 48.4. The number of phenolic OH excluding ortho intramolecular Hbond substituents is 2. The van der Waals surface area contributed by atoms with Gasteiger partial charge in [-0.15, -0.1) is 0 Å². The highest BCUT2D eigenvalue weighted by Crippen LogP contribution is 2.21. The predicted molar refractivity (Wildman–Crippen MR) is 315 cm³/mol. The monoisotopic (exact) mass is 1220 g/mol. The molecule has 0 aromatic heterocycles. The second kappa shape index (κ2) is 36.5.